The maximum absolute atomic E-state index is 10.5. The second-order valence-corrected chi connectivity index (χ2v) is 7.13. The number of fused-ring (bicyclic) bond motifs is 1. The number of nitrogens with one attached hydrogen (secondary N) is 2. The molecule has 1 amide bonds. The predicted octanol–water partition coefficient (Wildman–Crippen LogP) is 4.82. The zero-order valence-corrected chi connectivity index (χ0v) is 16.2. The molecule has 4 rings (SSSR count). The van der Waals surface area contributed by atoms with Crippen molar-refractivity contribution in [1.29, 1.82) is 0 Å². The fourth-order valence-electron chi connectivity index (χ4n) is 2.95. The van der Waals surface area contributed by atoms with E-state index in [2.05, 4.69) is 52.8 Å². The quantitative estimate of drug-likeness (QED) is 0.721. The van der Waals surface area contributed by atoms with Crippen molar-refractivity contribution in [2.24, 2.45) is 0 Å². The molecule has 27 heavy (non-hydrogen) atoms. The van der Waals surface area contributed by atoms with E-state index >= 15 is 0 Å². The molecule has 5 heteroatoms. The van der Waals surface area contributed by atoms with E-state index in [1.165, 1.54) is 37.7 Å². The first-order valence-corrected chi connectivity index (χ1v) is 9.82. The number of allylic oxidation sites excluding steroid dienone is 2. The van der Waals surface area contributed by atoms with Gasteiger partial charge in [-0.3, -0.25) is 9.78 Å². The summed E-state index contributed by atoms with van der Waals surface area (Å²) in [5.41, 5.74) is 4.30. The largest absolute Gasteiger partial charge is 0.384 e. The third kappa shape index (κ3) is 5.39. The molecular weight excluding hydrogens is 336 g/mol. The first-order chi connectivity index (χ1) is 13.2. The van der Waals surface area contributed by atoms with Crippen LogP contribution in [0.4, 0.5) is 5.82 Å². The Morgan fingerprint density at radius 3 is 2.70 bits per heavy atom. The standard InChI is InChI=1S/C19H22N4O.C3H6/c1-3-4-5-16-6-13(2)17(11-20-16)14-7-15-10-22-19(23-12-24)8-18(15)21-9-14;1-2-3-1/h6-12,16,20H,3-5H2,1-2H3,(H,22,23,24);1-3H2. The maximum Gasteiger partial charge on any atom is 0.212 e. The van der Waals surface area contributed by atoms with Gasteiger partial charge in [0.25, 0.3) is 0 Å². The van der Waals surface area contributed by atoms with Crippen LogP contribution in [-0.4, -0.2) is 22.4 Å². The number of pyridine rings is 2. The van der Waals surface area contributed by atoms with Gasteiger partial charge in [0.2, 0.25) is 6.41 Å². The number of aromatic nitrogens is 2. The first-order valence-electron chi connectivity index (χ1n) is 9.82. The van der Waals surface area contributed by atoms with Crippen molar-refractivity contribution in [3.63, 3.8) is 0 Å². The average Bonchev–Trinajstić information content (AvgIpc) is 3.56. The molecule has 1 aliphatic carbocycles. The van der Waals surface area contributed by atoms with Crippen molar-refractivity contribution in [2.45, 2.75) is 58.4 Å². The lowest BCUT2D eigenvalue weighted by atomic mass is 9.94. The Bertz CT molecular complexity index is 852. The first kappa shape index (κ1) is 19.1. The van der Waals surface area contributed by atoms with Gasteiger partial charge in [-0.25, -0.2) is 4.98 Å². The highest BCUT2D eigenvalue weighted by Crippen LogP contribution is 2.28. The Morgan fingerprint density at radius 1 is 1.22 bits per heavy atom. The fourth-order valence-corrected chi connectivity index (χ4v) is 2.95. The highest BCUT2D eigenvalue weighted by atomic mass is 16.1. The number of unbranched alkanes of at least 4 members (excludes halogenated alkanes) is 1. The number of amides is 1. The van der Waals surface area contributed by atoms with Gasteiger partial charge in [-0.2, -0.15) is 0 Å². The minimum atomic E-state index is 0.417. The number of carbonyl (C=O) groups is 1. The van der Waals surface area contributed by atoms with E-state index in [9.17, 15) is 4.79 Å². The highest BCUT2D eigenvalue weighted by molar-refractivity contribution is 5.88. The molecule has 5 nitrogen and oxygen atoms in total. The van der Waals surface area contributed by atoms with Crippen LogP contribution in [0.15, 0.2) is 42.4 Å². The molecule has 1 atom stereocenters. The van der Waals surface area contributed by atoms with E-state index in [1.54, 1.807) is 12.3 Å². The minimum Gasteiger partial charge on any atom is -0.384 e. The number of carbonyl (C=O) groups excluding carboxylic acids is 1. The zero-order chi connectivity index (χ0) is 19.1. The Balaban J connectivity index is 0.000000637. The molecule has 1 fully saturated rings. The summed E-state index contributed by atoms with van der Waals surface area (Å²) < 4.78 is 0. The van der Waals surface area contributed by atoms with Crippen LogP contribution < -0.4 is 10.6 Å². The molecule has 142 valence electrons. The molecule has 1 aliphatic heterocycles. The average molecular weight is 364 g/mol. The van der Waals surface area contributed by atoms with Crippen molar-refractivity contribution in [1.82, 2.24) is 15.3 Å². The highest BCUT2D eigenvalue weighted by Gasteiger charge is 2.14. The summed E-state index contributed by atoms with van der Waals surface area (Å²) in [6, 6.07) is 4.27. The SMILES string of the molecule is C1CC1.CCCCC1C=C(C)C(c2cnc3cc(NC=O)ncc3c2)=CN1. The Labute approximate surface area is 161 Å². The monoisotopic (exact) mass is 364 g/mol. The third-order valence-corrected chi connectivity index (χ3v) is 4.62. The molecule has 0 radical (unpaired) electrons. The zero-order valence-electron chi connectivity index (χ0n) is 16.2. The molecular formula is C22H28N4O. The van der Waals surface area contributed by atoms with Gasteiger partial charge in [0.15, 0.2) is 0 Å². The van der Waals surface area contributed by atoms with Crippen molar-refractivity contribution in [2.75, 3.05) is 5.32 Å². The number of hydrogen-bond acceptors (Lipinski definition) is 4. The Kier molecular flexibility index (Phi) is 6.58. The smallest absolute Gasteiger partial charge is 0.212 e. The van der Waals surface area contributed by atoms with Crippen LogP contribution in [0.5, 0.6) is 0 Å². The summed E-state index contributed by atoms with van der Waals surface area (Å²) in [5, 5.41) is 6.97. The normalized spacial score (nSPS) is 17.8. The van der Waals surface area contributed by atoms with Gasteiger partial charge in [0, 0.05) is 47.2 Å². The van der Waals surface area contributed by atoms with Crippen LogP contribution in [0.25, 0.3) is 16.5 Å². The van der Waals surface area contributed by atoms with Crippen molar-refractivity contribution >= 4 is 28.7 Å². The van der Waals surface area contributed by atoms with E-state index in [1.807, 2.05) is 6.20 Å². The number of rotatable bonds is 6. The topological polar surface area (TPSA) is 66.9 Å². The summed E-state index contributed by atoms with van der Waals surface area (Å²) in [6.07, 6.45) is 16.7. The summed E-state index contributed by atoms with van der Waals surface area (Å²) in [7, 11) is 0. The lowest BCUT2D eigenvalue weighted by molar-refractivity contribution is -0.105. The van der Waals surface area contributed by atoms with Gasteiger partial charge >= 0.3 is 0 Å². The molecule has 0 bridgehead atoms. The van der Waals surface area contributed by atoms with E-state index in [-0.39, 0.29) is 0 Å². The predicted molar refractivity (Wildman–Crippen MR) is 111 cm³/mol. The van der Waals surface area contributed by atoms with E-state index in [4.69, 9.17) is 0 Å². The van der Waals surface area contributed by atoms with Gasteiger partial charge in [-0.05, 0) is 25.0 Å². The van der Waals surface area contributed by atoms with Gasteiger partial charge < -0.3 is 10.6 Å². The minimum absolute atomic E-state index is 0.417. The number of hydrogen-bond donors (Lipinski definition) is 2. The van der Waals surface area contributed by atoms with Crippen LogP contribution in [0.2, 0.25) is 0 Å². The molecule has 2 aromatic rings. The molecule has 0 saturated heterocycles. The van der Waals surface area contributed by atoms with E-state index in [0.29, 0.717) is 18.3 Å². The molecule has 1 saturated carbocycles. The Hall–Kier alpha value is -2.69. The van der Waals surface area contributed by atoms with Gasteiger partial charge in [0.05, 0.1) is 5.52 Å². The summed E-state index contributed by atoms with van der Waals surface area (Å²) in [6.45, 7) is 4.36. The molecule has 0 spiro atoms. The molecule has 2 aliphatic rings. The van der Waals surface area contributed by atoms with Crippen LogP contribution in [0.1, 0.15) is 57.9 Å². The van der Waals surface area contributed by atoms with Crippen LogP contribution in [0, 0.1) is 0 Å². The lowest BCUT2D eigenvalue weighted by Gasteiger charge is -2.22. The van der Waals surface area contributed by atoms with E-state index < -0.39 is 0 Å². The lowest BCUT2D eigenvalue weighted by Crippen LogP contribution is -2.25. The van der Waals surface area contributed by atoms with Crippen LogP contribution in [-0.2, 0) is 4.79 Å². The fraction of sp³-hybridized carbons (Fsp3) is 0.409. The van der Waals surface area contributed by atoms with Gasteiger partial charge in [-0.15, -0.1) is 0 Å². The third-order valence-electron chi connectivity index (χ3n) is 4.62. The maximum atomic E-state index is 10.5. The number of anilines is 1. The van der Waals surface area contributed by atoms with Crippen molar-refractivity contribution < 1.29 is 4.79 Å². The number of dihydropyridines is 1. The molecule has 3 heterocycles. The second-order valence-electron chi connectivity index (χ2n) is 7.13. The van der Waals surface area contributed by atoms with Crippen molar-refractivity contribution in [3.05, 3.63) is 47.9 Å². The van der Waals surface area contributed by atoms with Crippen molar-refractivity contribution in [3.8, 4) is 0 Å². The van der Waals surface area contributed by atoms with Crippen LogP contribution in [0.3, 0.4) is 0 Å². The van der Waals surface area contributed by atoms with Crippen LogP contribution >= 0.6 is 0 Å². The molecule has 0 aromatic carbocycles. The summed E-state index contributed by atoms with van der Waals surface area (Å²) >= 11 is 0. The molecule has 2 N–H and O–H groups in total. The molecule has 1 unspecified atom stereocenters. The Morgan fingerprint density at radius 2 is 2.04 bits per heavy atom. The molecule has 2 aromatic heterocycles. The van der Waals surface area contributed by atoms with Gasteiger partial charge in [0.1, 0.15) is 5.82 Å². The number of nitrogens with zero attached hydrogens (tertiary/aromatic N) is 2. The van der Waals surface area contributed by atoms with E-state index in [0.717, 1.165) is 28.5 Å². The summed E-state index contributed by atoms with van der Waals surface area (Å²) in [5.74, 6) is 0.506. The second kappa shape index (κ2) is 9.31. The summed E-state index contributed by atoms with van der Waals surface area (Å²) in [4.78, 5) is 19.2. The van der Waals surface area contributed by atoms with Gasteiger partial charge in [-0.1, -0.05) is 45.1 Å².